The van der Waals surface area contributed by atoms with E-state index in [2.05, 4.69) is 15.4 Å². The maximum absolute atomic E-state index is 13.2. The van der Waals surface area contributed by atoms with Crippen molar-refractivity contribution in [2.24, 2.45) is 0 Å². The number of aromatic nitrogens is 1. The first-order chi connectivity index (χ1) is 15.6. The lowest BCUT2D eigenvalue weighted by Gasteiger charge is -2.40. The minimum atomic E-state index is -0.587. The van der Waals surface area contributed by atoms with Crippen molar-refractivity contribution >= 4 is 29.4 Å². The number of pyridine rings is 1. The molecule has 1 N–H and O–H groups in total. The maximum Gasteiger partial charge on any atom is 0.410 e. The van der Waals surface area contributed by atoms with Crippen LogP contribution in [0.15, 0.2) is 30.1 Å². The Labute approximate surface area is 199 Å². The maximum atomic E-state index is 13.2. The van der Waals surface area contributed by atoms with Gasteiger partial charge in [-0.1, -0.05) is 11.6 Å². The summed E-state index contributed by atoms with van der Waals surface area (Å²) in [6.45, 7) is 10.5. The Morgan fingerprint density at radius 3 is 2.61 bits per heavy atom. The summed E-state index contributed by atoms with van der Waals surface area (Å²) in [5.74, 6) is 0.663. The average molecular weight is 478 g/mol. The number of hydroxylamine groups is 1. The molecule has 4 rings (SSSR count). The summed E-state index contributed by atoms with van der Waals surface area (Å²) in [6.07, 6.45) is 4.48. The largest absolute Gasteiger partial charge is 0.444 e. The number of rotatable bonds is 2. The number of hydrogen-bond acceptors (Lipinski definition) is 7. The van der Waals surface area contributed by atoms with Crippen molar-refractivity contribution < 1.29 is 19.2 Å². The molecule has 2 fully saturated rings. The van der Waals surface area contributed by atoms with Gasteiger partial charge >= 0.3 is 6.09 Å². The van der Waals surface area contributed by atoms with Crippen LogP contribution in [0.5, 0.6) is 0 Å². The van der Waals surface area contributed by atoms with Gasteiger partial charge in [0, 0.05) is 57.8 Å². The van der Waals surface area contributed by atoms with Gasteiger partial charge in [0.1, 0.15) is 22.7 Å². The third kappa shape index (κ3) is 5.19. The van der Waals surface area contributed by atoms with E-state index in [0.717, 1.165) is 5.82 Å². The predicted molar refractivity (Wildman–Crippen MR) is 125 cm³/mol. The minimum absolute atomic E-state index is 0.0161. The number of anilines is 1. The normalized spacial score (nSPS) is 22.8. The summed E-state index contributed by atoms with van der Waals surface area (Å²) < 4.78 is 5.46. The second-order valence-corrected chi connectivity index (χ2v) is 10.3. The van der Waals surface area contributed by atoms with Crippen molar-refractivity contribution in [2.75, 3.05) is 37.6 Å². The van der Waals surface area contributed by atoms with Crippen molar-refractivity contribution in [1.29, 1.82) is 0 Å². The van der Waals surface area contributed by atoms with E-state index in [1.54, 1.807) is 17.2 Å². The SMILES string of the molecule is CC1CN(c2ncccc2Cl)CCN1C(=O)C1=CC2(CCN(C(=O)OC(C)(C)C)CC2)ON1. The van der Waals surface area contributed by atoms with Crippen LogP contribution in [0.4, 0.5) is 10.6 Å². The van der Waals surface area contributed by atoms with E-state index in [9.17, 15) is 9.59 Å². The Bertz CT molecular complexity index is 939. The monoisotopic (exact) mass is 477 g/mol. The molecular weight excluding hydrogens is 446 g/mol. The number of halogens is 1. The van der Waals surface area contributed by atoms with Crippen molar-refractivity contribution in [2.45, 2.75) is 57.8 Å². The first-order valence-corrected chi connectivity index (χ1v) is 11.8. The highest BCUT2D eigenvalue weighted by molar-refractivity contribution is 6.32. The van der Waals surface area contributed by atoms with Gasteiger partial charge in [-0.15, -0.1) is 0 Å². The molecule has 33 heavy (non-hydrogen) atoms. The molecule has 3 aliphatic rings. The number of ether oxygens (including phenoxy) is 1. The molecule has 0 radical (unpaired) electrons. The number of carbonyl (C=O) groups is 2. The fourth-order valence-corrected chi connectivity index (χ4v) is 4.68. The fourth-order valence-electron chi connectivity index (χ4n) is 4.44. The highest BCUT2D eigenvalue weighted by Crippen LogP contribution is 2.33. The molecule has 0 aromatic carbocycles. The predicted octanol–water partition coefficient (Wildman–Crippen LogP) is 2.96. The zero-order valence-corrected chi connectivity index (χ0v) is 20.4. The molecule has 4 heterocycles. The Morgan fingerprint density at radius 2 is 1.97 bits per heavy atom. The number of nitrogens with zero attached hydrogens (tertiary/aromatic N) is 4. The quantitative estimate of drug-likeness (QED) is 0.700. The van der Waals surface area contributed by atoms with Gasteiger partial charge in [0.15, 0.2) is 0 Å². The van der Waals surface area contributed by atoms with Gasteiger partial charge < -0.3 is 19.4 Å². The summed E-state index contributed by atoms with van der Waals surface area (Å²) in [7, 11) is 0. The van der Waals surface area contributed by atoms with Crippen molar-refractivity contribution in [3.05, 3.63) is 35.1 Å². The van der Waals surface area contributed by atoms with Gasteiger partial charge in [-0.3, -0.25) is 15.1 Å². The van der Waals surface area contributed by atoms with Crippen molar-refractivity contribution in [3.63, 3.8) is 0 Å². The summed E-state index contributed by atoms with van der Waals surface area (Å²) in [4.78, 5) is 41.5. The molecule has 1 aromatic heterocycles. The van der Waals surface area contributed by atoms with Crippen LogP contribution in [0.25, 0.3) is 0 Å². The molecule has 0 saturated carbocycles. The second-order valence-electron chi connectivity index (χ2n) is 9.90. The highest BCUT2D eigenvalue weighted by atomic mass is 35.5. The first-order valence-electron chi connectivity index (χ1n) is 11.4. The van der Waals surface area contributed by atoms with E-state index >= 15 is 0 Å². The van der Waals surface area contributed by atoms with Crippen LogP contribution in [0.3, 0.4) is 0 Å². The smallest absolute Gasteiger partial charge is 0.410 e. The number of piperazine rings is 1. The molecule has 1 spiro atoms. The number of piperidine rings is 1. The zero-order chi connectivity index (χ0) is 23.8. The molecule has 10 heteroatoms. The number of likely N-dealkylation sites (tertiary alicyclic amines) is 1. The van der Waals surface area contributed by atoms with Gasteiger partial charge in [-0.05, 0) is 45.9 Å². The van der Waals surface area contributed by atoms with Crippen LogP contribution in [0.1, 0.15) is 40.5 Å². The molecular formula is C23H32ClN5O4. The number of amides is 2. The van der Waals surface area contributed by atoms with E-state index < -0.39 is 11.2 Å². The van der Waals surface area contributed by atoms with Crippen LogP contribution in [-0.2, 0) is 14.4 Å². The van der Waals surface area contributed by atoms with Crippen LogP contribution >= 0.6 is 11.6 Å². The molecule has 3 aliphatic heterocycles. The summed E-state index contributed by atoms with van der Waals surface area (Å²) in [5, 5.41) is 0.609. The molecule has 1 unspecified atom stereocenters. The van der Waals surface area contributed by atoms with Crippen LogP contribution < -0.4 is 10.4 Å². The molecule has 9 nitrogen and oxygen atoms in total. The Kier molecular flexibility index (Phi) is 6.46. The lowest BCUT2D eigenvalue weighted by molar-refractivity contribution is -0.132. The van der Waals surface area contributed by atoms with E-state index in [4.69, 9.17) is 21.2 Å². The Hall–Kier alpha value is -2.52. The first kappa shape index (κ1) is 23.6. The van der Waals surface area contributed by atoms with Crippen LogP contribution in [-0.4, -0.2) is 76.8 Å². The van der Waals surface area contributed by atoms with E-state index in [1.807, 2.05) is 44.7 Å². The summed E-state index contributed by atoms with van der Waals surface area (Å²) >= 11 is 6.30. The molecule has 0 aliphatic carbocycles. The highest BCUT2D eigenvalue weighted by Gasteiger charge is 2.43. The van der Waals surface area contributed by atoms with E-state index in [-0.39, 0.29) is 18.0 Å². The minimum Gasteiger partial charge on any atom is -0.444 e. The fraction of sp³-hybridized carbons (Fsp3) is 0.609. The molecule has 0 bridgehead atoms. The van der Waals surface area contributed by atoms with E-state index in [0.29, 0.717) is 56.3 Å². The van der Waals surface area contributed by atoms with E-state index in [1.165, 1.54) is 0 Å². The number of nitrogens with one attached hydrogen (secondary N) is 1. The number of hydrogen-bond donors (Lipinski definition) is 1. The second kappa shape index (κ2) is 9.02. The van der Waals surface area contributed by atoms with Crippen molar-refractivity contribution in [3.8, 4) is 0 Å². The van der Waals surface area contributed by atoms with Gasteiger partial charge in [0.2, 0.25) is 0 Å². The molecule has 2 saturated heterocycles. The Balaban J connectivity index is 1.35. The lowest BCUT2D eigenvalue weighted by Crippen LogP contribution is -2.55. The lowest BCUT2D eigenvalue weighted by atomic mass is 9.91. The average Bonchev–Trinajstić information content (AvgIpc) is 3.16. The molecule has 1 atom stereocenters. The topological polar surface area (TPSA) is 87.2 Å². The van der Waals surface area contributed by atoms with Gasteiger partial charge in [-0.25, -0.2) is 9.78 Å². The van der Waals surface area contributed by atoms with Crippen LogP contribution in [0, 0.1) is 0 Å². The van der Waals surface area contributed by atoms with Crippen molar-refractivity contribution in [1.82, 2.24) is 20.3 Å². The van der Waals surface area contributed by atoms with Gasteiger partial charge in [-0.2, -0.15) is 0 Å². The van der Waals surface area contributed by atoms with Gasteiger partial charge in [0.05, 0.1) is 5.02 Å². The van der Waals surface area contributed by atoms with Gasteiger partial charge in [0.25, 0.3) is 5.91 Å². The molecule has 180 valence electrons. The number of carbonyl (C=O) groups excluding carboxylic acids is 2. The van der Waals surface area contributed by atoms with Crippen LogP contribution in [0.2, 0.25) is 5.02 Å². The third-order valence-electron chi connectivity index (χ3n) is 6.19. The molecule has 2 amide bonds. The summed E-state index contributed by atoms with van der Waals surface area (Å²) in [6, 6.07) is 3.61. The zero-order valence-electron chi connectivity index (χ0n) is 19.6. The Morgan fingerprint density at radius 1 is 1.24 bits per heavy atom. The third-order valence-corrected chi connectivity index (χ3v) is 6.49. The summed E-state index contributed by atoms with van der Waals surface area (Å²) in [5.41, 5.74) is 2.20. The molecule has 1 aromatic rings. The standard InChI is InChI=1S/C23H32ClN5O4/c1-16-15-28(19-17(24)6-5-9-25-19)12-13-29(16)20(30)18-14-23(33-26-18)7-10-27(11-8-23)21(31)32-22(2,3)4/h5-6,9,14,16,26H,7-8,10-13,15H2,1-4H3.